The van der Waals surface area contributed by atoms with Gasteiger partial charge in [-0.15, -0.1) is 0 Å². The number of nitro groups is 1. The maximum Gasteiger partial charge on any atom is 0.292 e. The lowest BCUT2D eigenvalue weighted by Crippen LogP contribution is -2.40. The van der Waals surface area contributed by atoms with Crippen LogP contribution in [0.5, 0.6) is 0 Å². The molecule has 0 saturated carbocycles. The SMILES string of the molecule is O=C(NCc1ccc(Cl)cc1)C1CCN(c2ccccc2[N+](=O)[O-])CC1. The van der Waals surface area contributed by atoms with E-state index in [2.05, 4.69) is 5.32 Å². The minimum atomic E-state index is -0.361. The zero-order valence-corrected chi connectivity index (χ0v) is 15.0. The van der Waals surface area contributed by atoms with Crippen molar-refractivity contribution in [2.75, 3.05) is 18.0 Å². The van der Waals surface area contributed by atoms with E-state index in [4.69, 9.17) is 11.6 Å². The number of carbonyl (C=O) groups excluding carboxylic acids is 1. The van der Waals surface area contributed by atoms with E-state index in [9.17, 15) is 14.9 Å². The van der Waals surface area contributed by atoms with Gasteiger partial charge in [-0.3, -0.25) is 14.9 Å². The van der Waals surface area contributed by atoms with Crippen LogP contribution >= 0.6 is 11.6 Å². The number of halogens is 1. The van der Waals surface area contributed by atoms with E-state index < -0.39 is 0 Å². The van der Waals surface area contributed by atoms with Gasteiger partial charge in [-0.05, 0) is 36.6 Å². The highest BCUT2D eigenvalue weighted by atomic mass is 35.5. The quantitative estimate of drug-likeness (QED) is 0.639. The Morgan fingerprint density at radius 1 is 1.15 bits per heavy atom. The lowest BCUT2D eigenvalue weighted by Gasteiger charge is -2.32. The van der Waals surface area contributed by atoms with Crippen LogP contribution in [0.3, 0.4) is 0 Å². The third kappa shape index (κ3) is 4.32. The number of carbonyl (C=O) groups is 1. The molecule has 7 heteroatoms. The van der Waals surface area contributed by atoms with E-state index in [1.54, 1.807) is 30.3 Å². The summed E-state index contributed by atoms with van der Waals surface area (Å²) in [5.74, 6) is -0.0384. The van der Waals surface area contributed by atoms with Crippen LogP contribution in [0, 0.1) is 16.0 Å². The molecule has 0 bridgehead atoms. The second kappa shape index (κ2) is 8.19. The van der Waals surface area contributed by atoms with Crippen LogP contribution < -0.4 is 10.2 Å². The summed E-state index contributed by atoms with van der Waals surface area (Å²) in [6.07, 6.45) is 1.36. The van der Waals surface area contributed by atoms with Gasteiger partial charge in [-0.1, -0.05) is 35.9 Å². The number of nitrogens with one attached hydrogen (secondary N) is 1. The van der Waals surface area contributed by atoms with Gasteiger partial charge in [0.15, 0.2) is 0 Å². The van der Waals surface area contributed by atoms with Crippen molar-refractivity contribution in [1.29, 1.82) is 0 Å². The van der Waals surface area contributed by atoms with E-state index in [1.807, 2.05) is 17.0 Å². The molecule has 1 aliphatic heterocycles. The number of amides is 1. The van der Waals surface area contributed by atoms with E-state index in [0.717, 1.165) is 5.56 Å². The van der Waals surface area contributed by atoms with Gasteiger partial charge in [0.25, 0.3) is 5.69 Å². The van der Waals surface area contributed by atoms with Crippen LogP contribution in [-0.2, 0) is 11.3 Å². The van der Waals surface area contributed by atoms with E-state index >= 15 is 0 Å². The molecule has 0 unspecified atom stereocenters. The highest BCUT2D eigenvalue weighted by Crippen LogP contribution is 2.31. The third-order valence-electron chi connectivity index (χ3n) is 4.66. The molecular weight excluding hydrogens is 354 g/mol. The molecule has 0 atom stereocenters. The molecule has 26 heavy (non-hydrogen) atoms. The number of hydrogen-bond donors (Lipinski definition) is 1. The van der Waals surface area contributed by atoms with Crippen molar-refractivity contribution in [2.45, 2.75) is 19.4 Å². The summed E-state index contributed by atoms with van der Waals surface area (Å²) in [6, 6.07) is 14.1. The molecule has 1 heterocycles. The van der Waals surface area contributed by atoms with Crippen molar-refractivity contribution in [3.05, 3.63) is 69.2 Å². The molecule has 0 aromatic heterocycles. The fourth-order valence-electron chi connectivity index (χ4n) is 3.20. The molecule has 1 fully saturated rings. The smallest absolute Gasteiger partial charge is 0.292 e. The predicted molar refractivity (Wildman–Crippen MR) is 101 cm³/mol. The third-order valence-corrected chi connectivity index (χ3v) is 4.92. The van der Waals surface area contributed by atoms with Gasteiger partial charge in [0.2, 0.25) is 5.91 Å². The average molecular weight is 374 g/mol. The number of anilines is 1. The molecule has 0 spiro atoms. The Hall–Kier alpha value is -2.60. The number of nitrogens with zero attached hydrogens (tertiary/aromatic N) is 2. The van der Waals surface area contributed by atoms with Crippen LogP contribution in [-0.4, -0.2) is 23.9 Å². The predicted octanol–water partition coefficient (Wildman–Crippen LogP) is 3.78. The van der Waals surface area contributed by atoms with Crippen molar-refractivity contribution in [3.63, 3.8) is 0 Å². The number of para-hydroxylation sites is 2. The summed E-state index contributed by atoms with van der Waals surface area (Å²) in [4.78, 5) is 25.2. The Balaban J connectivity index is 1.54. The van der Waals surface area contributed by atoms with Crippen LogP contribution in [0.4, 0.5) is 11.4 Å². The molecule has 2 aromatic rings. The summed E-state index contributed by atoms with van der Waals surface area (Å²) >= 11 is 5.86. The average Bonchev–Trinajstić information content (AvgIpc) is 2.67. The maximum absolute atomic E-state index is 12.4. The molecule has 2 aromatic carbocycles. The first-order chi connectivity index (χ1) is 12.5. The maximum atomic E-state index is 12.4. The van der Waals surface area contributed by atoms with Gasteiger partial charge in [0, 0.05) is 36.6 Å². The second-order valence-corrected chi connectivity index (χ2v) is 6.79. The van der Waals surface area contributed by atoms with Crippen molar-refractivity contribution < 1.29 is 9.72 Å². The summed E-state index contributed by atoms with van der Waals surface area (Å²) in [5.41, 5.74) is 1.73. The van der Waals surface area contributed by atoms with Crippen LogP contribution in [0.15, 0.2) is 48.5 Å². The van der Waals surface area contributed by atoms with Gasteiger partial charge in [0.1, 0.15) is 5.69 Å². The number of piperidine rings is 1. The molecule has 0 radical (unpaired) electrons. The first-order valence-corrected chi connectivity index (χ1v) is 8.93. The number of rotatable bonds is 5. The highest BCUT2D eigenvalue weighted by Gasteiger charge is 2.27. The molecule has 3 rings (SSSR count). The summed E-state index contributed by atoms with van der Waals surface area (Å²) in [7, 11) is 0. The van der Waals surface area contributed by atoms with E-state index in [0.29, 0.717) is 43.2 Å². The molecule has 1 aliphatic rings. The number of hydrogen-bond acceptors (Lipinski definition) is 4. The molecule has 0 aliphatic carbocycles. The Bertz CT molecular complexity index is 787. The molecule has 1 amide bonds. The largest absolute Gasteiger partial charge is 0.366 e. The molecule has 6 nitrogen and oxygen atoms in total. The standard InChI is InChI=1S/C19H20ClN3O3/c20-16-7-5-14(6-8-16)13-21-19(24)15-9-11-22(12-10-15)17-3-1-2-4-18(17)23(25)26/h1-8,15H,9-13H2,(H,21,24). The molecule has 136 valence electrons. The summed E-state index contributed by atoms with van der Waals surface area (Å²) in [6.45, 7) is 1.73. The van der Waals surface area contributed by atoms with Crippen molar-refractivity contribution in [3.8, 4) is 0 Å². The molecular formula is C19H20ClN3O3. The normalized spacial score (nSPS) is 14.9. The number of benzene rings is 2. The lowest BCUT2D eigenvalue weighted by atomic mass is 9.95. The van der Waals surface area contributed by atoms with Crippen LogP contribution in [0.2, 0.25) is 5.02 Å². The lowest BCUT2D eigenvalue weighted by molar-refractivity contribution is -0.384. The molecule has 1 N–H and O–H groups in total. The zero-order valence-electron chi connectivity index (χ0n) is 14.2. The first-order valence-electron chi connectivity index (χ1n) is 8.55. The highest BCUT2D eigenvalue weighted by molar-refractivity contribution is 6.30. The minimum absolute atomic E-state index is 0.0298. The topological polar surface area (TPSA) is 75.5 Å². The van der Waals surface area contributed by atoms with Crippen molar-refractivity contribution in [2.24, 2.45) is 5.92 Å². The van der Waals surface area contributed by atoms with Crippen molar-refractivity contribution >= 4 is 28.9 Å². The fourth-order valence-corrected chi connectivity index (χ4v) is 3.33. The Labute approximate surface area is 156 Å². The van der Waals surface area contributed by atoms with Crippen LogP contribution in [0.25, 0.3) is 0 Å². The Kier molecular flexibility index (Phi) is 5.73. The van der Waals surface area contributed by atoms with Crippen LogP contribution in [0.1, 0.15) is 18.4 Å². The minimum Gasteiger partial charge on any atom is -0.366 e. The zero-order chi connectivity index (χ0) is 18.5. The van der Waals surface area contributed by atoms with Crippen molar-refractivity contribution in [1.82, 2.24) is 5.32 Å². The summed E-state index contributed by atoms with van der Waals surface area (Å²) in [5, 5.41) is 14.8. The van der Waals surface area contributed by atoms with E-state index in [1.165, 1.54) is 6.07 Å². The monoisotopic (exact) mass is 373 g/mol. The van der Waals surface area contributed by atoms with Gasteiger partial charge in [-0.25, -0.2) is 0 Å². The Morgan fingerprint density at radius 3 is 2.46 bits per heavy atom. The van der Waals surface area contributed by atoms with Gasteiger partial charge in [0.05, 0.1) is 4.92 Å². The van der Waals surface area contributed by atoms with Gasteiger partial charge in [-0.2, -0.15) is 0 Å². The number of nitro benzene ring substituents is 1. The summed E-state index contributed by atoms with van der Waals surface area (Å²) < 4.78 is 0. The molecule has 1 saturated heterocycles. The Morgan fingerprint density at radius 2 is 1.81 bits per heavy atom. The van der Waals surface area contributed by atoms with Gasteiger partial charge < -0.3 is 10.2 Å². The fraction of sp³-hybridized carbons (Fsp3) is 0.316. The van der Waals surface area contributed by atoms with E-state index in [-0.39, 0.29) is 22.4 Å². The second-order valence-electron chi connectivity index (χ2n) is 6.35. The first kappa shape index (κ1) is 18.2. The van der Waals surface area contributed by atoms with Gasteiger partial charge >= 0.3 is 0 Å².